The van der Waals surface area contributed by atoms with Crippen molar-refractivity contribution in [3.05, 3.63) is 54.6 Å². The molecule has 1 N–H and O–H groups in total. The van der Waals surface area contributed by atoms with Crippen LogP contribution in [-0.4, -0.2) is 37.4 Å². The summed E-state index contributed by atoms with van der Waals surface area (Å²) in [6.07, 6.45) is 0. The largest absolute Gasteiger partial charge is 0.497 e. The topological polar surface area (TPSA) is 111 Å². The first-order chi connectivity index (χ1) is 12.5. The Morgan fingerprint density at radius 3 is 2.62 bits per heavy atom. The Hall–Kier alpha value is -3.20. The lowest BCUT2D eigenvalue weighted by Crippen LogP contribution is -2.23. The second kappa shape index (κ2) is 7.36. The average Bonchev–Trinajstić information content (AvgIpc) is 3.10. The normalized spacial score (nSPS) is 11.1. The van der Waals surface area contributed by atoms with Gasteiger partial charge in [-0.05, 0) is 30.3 Å². The van der Waals surface area contributed by atoms with E-state index in [0.29, 0.717) is 11.3 Å². The van der Waals surface area contributed by atoms with Gasteiger partial charge in [0.1, 0.15) is 11.5 Å². The number of rotatable bonds is 6. The third kappa shape index (κ3) is 4.06. The summed E-state index contributed by atoms with van der Waals surface area (Å²) in [4.78, 5) is 12.1. The number of sulfone groups is 1. The van der Waals surface area contributed by atoms with E-state index in [-0.39, 0.29) is 16.8 Å². The van der Waals surface area contributed by atoms with Gasteiger partial charge in [0.2, 0.25) is 11.8 Å². The van der Waals surface area contributed by atoms with Gasteiger partial charge < -0.3 is 9.15 Å². The Morgan fingerprint density at radius 1 is 1.12 bits per heavy atom. The molecular formula is C17H15N3O5S. The second-order valence-corrected chi connectivity index (χ2v) is 7.25. The highest BCUT2D eigenvalue weighted by molar-refractivity contribution is 7.92. The van der Waals surface area contributed by atoms with Crippen LogP contribution in [0.4, 0.5) is 6.01 Å². The maximum Gasteiger partial charge on any atom is 0.322 e. The van der Waals surface area contributed by atoms with Gasteiger partial charge in [0, 0.05) is 5.56 Å². The van der Waals surface area contributed by atoms with E-state index in [0.717, 1.165) is 0 Å². The summed E-state index contributed by atoms with van der Waals surface area (Å²) in [5.74, 6) is -0.714. The number of aromatic nitrogens is 2. The molecule has 0 spiro atoms. The van der Waals surface area contributed by atoms with Crippen molar-refractivity contribution in [2.75, 3.05) is 18.2 Å². The van der Waals surface area contributed by atoms with Crippen molar-refractivity contribution in [1.29, 1.82) is 0 Å². The third-order valence-electron chi connectivity index (χ3n) is 3.41. The molecule has 0 atom stereocenters. The van der Waals surface area contributed by atoms with Crippen LogP contribution in [0.2, 0.25) is 0 Å². The summed E-state index contributed by atoms with van der Waals surface area (Å²) in [6, 6.07) is 14.5. The first-order valence-electron chi connectivity index (χ1n) is 7.53. The standard InChI is InChI=1S/C17H15N3O5S/c1-24-13-7-5-6-12(10-13)16-19-20-17(25-16)18-15(21)11-26(22,23)14-8-3-2-4-9-14/h2-10H,11H2,1H3,(H,18,20,21). The maximum absolute atomic E-state index is 12.2. The molecule has 1 aromatic heterocycles. The third-order valence-corrected chi connectivity index (χ3v) is 5.04. The fourth-order valence-electron chi connectivity index (χ4n) is 2.19. The van der Waals surface area contributed by atoms with Crippen LogP contribution in [0.3, 0.4) is 0 Å². The molecule has 3 aromatic rings. The quantitative estimate of drug-likeness (QED) is 0.704. The highest BCUT2D eigenvalue weighted by Crippen LogP contribution is 2.23. The van der Waals surface area contributed by atoms with Crippen molar-refractivity contribution in [1.82, 2.24) is 10.2 Å². The fourth-order valence-corrected chi connectivity index (χ4v) is 3.34. The zero-order chi connectivity index (χ0) is 18.6. The Kier molecular flexibility index (Phi) is 4.99. The van der Waals surface area contributed by atoms with Gasteiger partial charge in [0.25, 0.3) is 0 Å². The molecule has 1 heterocycles. The number of hydrogen-bond donors (Lipinski definition) is 1. The van der Waals surface area contributed by atoms with Crippen LogP contribution in [-0.2, 0) is 14.6 Å². The summed E-state index contributed by atoms with van der Waals surface area (Å²) in [6.45, 7) is 0. The van der Waals surface area contributed by atoms with Crippen molar-refractivity contribution in [2.24, 2.45) is 0 Å². The van der Waals surface area contributed by atoms with Crippen LogP contribution in [0.5, 0.6) is 5.75 Å². The van der Waals surface area contributed by atoms with Gasteiger partial charge in [-0.15, -0.1) is 5.10 Å². The number of carbonyl (C=O) groups is 1. The molecule has 0 aliphatic carbocycles. The van der Waals surface area contributed by atoms with Gasteiger partial charge in [-0.3, -0.25) is 10.1 Å². The van der Waals surface area contributed by atoms with Crippen LogP contribution < -0.4 is 10.1 Å². The second-order valence-electron chi connectivity index (χ2n) is 5.26. The SMILES string of the molecule is COc1cccc(-c2nnc(NC(=O)CS(=O)(=O)c3ccccc3)o2)c1. The van der Waals surface area contributed by atoms with Crippen LogP contribution in [0.1, 0.15) is 0 Å². The lowest BCUT2D eigenvalue weighted by atomic mass is 10.2. The number of methoxy groups -OCH3 is 1. The molecule has 0 saturated carbocycles. The molecule has 0 saturated heterocycles. The number of carbonyl (C=O) groups excluding carboxylic acids is 1. The highest BCUT2D eigenvalue weighted by atomic mass is 32.2. The van der Waals surface area contributed by atoms with Gasteiger partial charge in [-0.2, -0.15) is 0 Å². The van der Waals surface area contributed by atoms with Crippen molar-refractivity contribution in [3.63, 3.8) is 0 Å². The summed E-state index contributed by atoms with van der Waals surface area (Å²) < 4.78 is 34.9. The van der Waals surface area contributed by atoms with Gasteiger partial charge in [-0.1, -0.05) is 29.4 Å². The molecule has 0 aliphatic rings. The molecule has 0 aliphatic heterocycles. The first kappa shape index (κ1) is 17.6. The first-order valence-corrected chi connectivity index (χ1v) is 9.19. The van der Waals surface area contributed by atoms with Crippen LogP contribution >= 0.6 is 0 Å². The Labute approximate surface area is 149 Å². The Balaban J connectivity index is 1.70. The van der Waals surface area contributed by atoms with E-state index in [2.05, 4.69) is 15.5 Å². The molecule has 3 rings (SSSR count). The van der Waals surface area contributed by atoms with E-state index in [9.17, 15) is 13.2 Å². The molecule has 2 aromatic carbocycles. The zero-order valence-corrected chi connectivity index (χ0v) is 14.6. The number of hydrogen-bond acceptors (Lipinski definition) is 7. The van der Waals surface area contributed by atoms with E-state index >= 15 is 0 Å². The van der Waals surface area contributed by atoms with Crippen LogP contribution in [0.15, 0.2) is 63.9 Å². The Morgan fingerprint density at radius 2 is 1.88 bits per heavy atom. The predicted molar refractivity (Wildman–Crippen MR) is 93.4 cm³/mol. The van der Waals surface area contributed by atoms with Gasteiger partial charge in [0.05, 0.1) is 12.0 Å². The molecular weight excluding hydrogens is 358 g/mol. The molecule has 134 valence electrons. The number of anilines is 1. The van der Waals surface area contributed by atoms with Crippen molar-refractivity contribution >= 4 is 21.8 Å². The lowest BCUT2D eigenvalue weighted by molar-refractivity contribution is -0.114. The Bertz CT molecular complexity index is 1020. The number of nitrogens with zero attached hydrogens (tertiary/aromatic N) is 2. The van der Waals surface area contributed by atoms with Gasteiger partial charge >= 0.3 is 6.01 Å². The molecule has 0 fully saturated rings. The number of amides is 1. The predicted octanol–water partition coefficient (Wildman–Crippen LogP) is 2.16. The van der Waals surface area contributed by atoms with E-state index in [1.54, 1.807) is 42.5 Å². The zero-order valence-electron chi connectivity index (χ0n) is 13.7. The van der Waals surface area contributed by atoms with E-state index < -0.39 is 21.5 Å². The molecule has 26 heavy (non-hydrogen) atoms. The molecule has 0 unspecified atom stereocenters. The smallest absolute Gasteiger partial charge is 0.322 e. The molecule has 8 nitrogen and oxygen atoms in total. The molecule has 0 radical (unpaired) electrons. The van der Waals surface area contributed by atoms with Gasteiger partial charge in [0.15, 0.2) is 9.84 Å². The van der Waals surface area contributed by atoms with Crippen LogP contribution in [0, 0.1) is 0 Å². The highest BCUT2D eigenvalue weighted by Gasteiger charge is 2.20. The number of nitrogens with one attached hydrogen (secondary N) is 1. The van der Waals surface area contributed by atoms with E-state index in [4.69, 9.17) is 9.15 Å². The van der Waals surface area contributed by atoms with Crippen molar-refractivity contribution in [3.8, 4) is 17.2 Å². The molecule has 9 heteroatoms. The summed E-state index contributed by atoms with van der Waals surface area (Å²) in [5.41, 5.74) is 0.606. The minimum Gasteiger partial charge on any atom is -0.497 e. The summed E-state index contributed by atoms with van der Waals surface area (Å²) in [5, 5.41) is 9.84. The van der Waals surface area contributed by atoms with E-state index in [1.807, 2.05) is 0 Å². The molecule has 0 bridgehead atoms. The number of ether oxygens (including phenoxy) is 1. The maximum atomic E-state index is 12.2. The monoisotopic (exact) mass is 373 g/mol. The van der Waals surface area contributed by atoms with Crippen molar-refractivity contribution < 1.29 is 22.4 Å². The minimum absolute atomic E-state index is 0.0674. The van der Waals surface area contributed by atoms with Gasteiger partial charge in [-0.25, -0.2) is 8.42 Å². The molecule has 1 amide bonds. The lowest BCUT2D eigenvalue weighted by Gasteiger charge is -2.03. The fraction of sp³-hybridized carbons (Fsp3) is 0.118. The average molecular weight is 373 g/mol. The summed E-state index contributed by atoms with van der Waals surface area (Å²) in [7, 11) is -2.22. The summed E-state index contributed by atoms with van der Waals surface area (Å²) >= 11 is 0. The van der Waals surface area contributed by atoms with E-state index in [1.165, 1.54) is 19.2 Å². The minimum atomic E-state index is -3.75. The number of benzene rings is 2. The van der Waals surface area contributed by atoms with Crippen molar-refractivity contribution in [2.45, 2.75) is 4.90 Å². The van der Waals surface area contributed by atoms with Crippen LogP contribution in [0.25, 0.3) is 11.5 Å².